The van der Waals surface area contributed by atoms with Crippen LogP contribution in [0.15, 0.2) is 41.3 Å². The zero-order chi connectivity index (χ0) is 13.5. The summed E-state index contributed by atoms with van der Waals surface area (Å²) >= 11 is 1.79. The maximum atomic E-state index is 11.7. The van der Waals surface area contributed by atoms with Gasteiger partial charge >= 0.3 is 0 Å². The number of rotatable bonds is 6. The van der Waals surface area contributed by atoms with Crippen LogP contribution in [0.25, 0.3) is 0 Å². The number of carbonyl (C=O) groups excluding carboxylic acids is 1. The molecule has 0 aliphatic heterocycles. The van der Waals surface area contributed by atoms with Gasteiger partial charge in [0.15, 0.2) is 0 Å². The third-order valence-electron chi connectivity index (χ3n) is 3.27. The van der Waals surface area contributed by atoms with E-state index in [0.29, 0.717) is 12.3 Å². The lowest BCUT2D eigenvalue weighted by Crippen LogP contribution is -2.27. The smallest absolute Gasteiger partial charge is 0.220 e. The molecule has 1 N–H and O–H groups in total. The summed E-state index contributed by atoms with van der Waals surface area (Å²) in [7, 11) is 0. The van der Waals surface area contributed by atoms with Crippen molar-refractivity contribution >= 4 is 17.7 Å². The number of thioether (sulfide) groups is 1. The van der Waals surface area contributed by atoms with Crippen molar-refractivity contribution in [1.29, 1.82) is 0 Å². The normalized spacial score (nSPS) is 17.6. The van der Waals surface area contributed by atoms with Gasteiger partial charge < -0.3 is 5.32 Å². The molecule has 102 valence electrons. The van der Waals surface area contributed by atoms with Crippen LogP contribution in [0, 0.1) is 12.8 Å². The van der Waals surface area contributed by atoms with Crippen LogP contribution in [0.2, 0.25) is 0 Å². The van der Waals surface area contributed by atoms with E-state index in [9.17, 15) is 4.79 Å². The lowest BCUT2D eigenvalue weighted by molar-refractivity contribution is -0.121. The standard InChI is InChI=1S/C16H21NOS/c1-13-6-8-15(9-7-13)19-11-10-17-16(18)12-14-4-2-3-5-14/h2,4,6-9,14H,3,5,10-12H2,1H3,(H,17,18). The van der Waals surface area contributed by atoms with E-state index in [1.165, 1.54) is 10.5 Å². The highest BCUT2D eigenvalue weighted by atomic mass is 32.2. The Kier molecular flexibility index (Phi) is 5.52. The van der Waals surface area contributed by atoms with E-state index in [1.54, 1.807) is 11.8 Å². The first kappa shape index (κ1) is 14.2. The average molecular weight is 275 g/mol. The van der Waals surface area contributed by atoms with E-state index in [-0.39, 0.29) is 5.91 Å². The number of amides is 1. The van der Waals surface area contributed by atoms with E-state index in [4.69, 9.17) is 0 Å². The Bertz CT molecular complexity index is 439. The molecule has 1 aliphatic rings. The lowest BCUT2D eigenvalue weighted by atomic mass is 10.1. The van der Waals surface area contributed by atoms with Crippen molar-refractivity contribution in [2.75, 3.05) is 12.3 Å². The topological polar surface area (TPSA) is 29.1 Å². The predicted octanol–water partition coefficient (Wildman–Crippen LogP) is 3.56. The fraction of sp³-hybridized carbons (Fsp3) is 0.438. The second kappa shape index (κ2) is 7.39. The summed E-state index contributed by atoms with van der Waals surface area (Å²) in [5.41, 5.74) is 1.28. The van der Waals surface area contributed by atoms with Gasteiger partial charge in [0.1, 0.15) is 0 Å². The van der Waals surface area contributed by atoms with Crippen molar-refractivity contribution in [1.82, 2.24) is 5.32 Å². The summed E-state index contributed by atoms with van der Waals surface area (Å²) in [5.74, 6) is 1.57. The van der Waals surface area contributed by atoms with Crippen LogP contribution < -0.4 is 5.32 Å². The maximum Gasteiger partial charge on any atom is 0.220 e. The van der Waals surface area contributed by atoms with E-state index < -0.39 is 0 Å². The van der Waals surface area contributed by atoms with Crippen molar-refractivity contribution in [3.63, 3.8) is 0 Å². The number of hydrogen-bond donors (Lipinski definition) is 1. The third kappa shape index (κ3) is 5.11. The summed E-state index contributed by atoms with van der Waals surface area (Å²) in [6.07, 6.45) is 7.24. The maximum absolute atomic E-state index is 11.7. The highest BCUT2D eigenvalue weighted by Crippen LogP contribution is 2.20. The lowest BCUT2D eigenvalue weighted by Gasteiger charge is -2.08. The molecule has 1 unspecified atom stereocenters. The van der Waals surface area contributed by atoms with Gasteiger partial charge in [-0.15, -0.1) is 11.8 Å². The Hall–Kier alpha value is -1.22. The molecule has 0 fully saturated rings. The first-order valence-corrected chi connectivity index (χ1v) is 7.85. The van der Waals surface area contributed by atoms with Crippen molar-refractivity contribution < 1.29 is 4.79 Å². The van der Waals surface area contributed by atoms with E-state index in [2.05, 4.69) is 48.7 Å². The average Bonchev–Trinajstić information content (AvgIpc) is 2.89. The predicted molar refractivity (Wildman–Crippen MR) is 81.4 cm³/mol. The van der Waals surface area contributed by atoms with Crippen LogP contribution >= 0.6 is 11.8 Å². The summed E-state index contributed by atoms with van der Waals surface area (Å²) in [5, 5.41) is 3.00. The number of allylic oxidation sites excluding steroid dienone is 2. The monoisotopic (exact) mass is 275 g/mol. The largest absolute Gasteiger partial charge is 0.355 e. The van der Waals surface area contributed by atoms with Crippen LogP contribution in [-0.2, 0) is 4.79 Å². The Morgan fingerprint density at radius 1 is 1.37 bits per heavy atom. The molecular formula is C16H21NOS. The fourth-order valence-corrected chi connectivity index (χ4v) is 2.94. The molecule has 1 amide bonds. The SMILES string of the molecule is Cc1ccc(SCCNC(=O)CC2C=CCC2)cc1. The molecule has 1 aromatic carbocycles. The fourth-order valence-electron chi connectivity index (χ4n) is 2.17. The van der Waals surface area contributed by atoms with Gasteiger partial charge in [-0.3, -0.25) is 4.79 Å². The molecule has 1 aliphatic carbocycles. The highest BCUT2D eigenvalue weighted by Gasteiger charge is 2.13. The molecular weight excluding hydrogens is 254 g/mol. The van der Waals surface area contributed by atoms with Crippen LogP contribution in [0.4, 0.5) is 0 Å². The number of nitrogens with one attached hydrogen (secondary N) is 1. The van der Waals surface area contributed by atoms with E-state index >= 15 is 0 Å². The van der Waals surface area contributed by atoms with E-state index in [1.807, 2.05) is 0 Å². The first-order chi connectivity index (χ1) is 9.24. The van der Waals surface area contributed by atoms with Gasteiger partial charge in [0.2, 0.25) is 5.91 Å². The van der Waals surface area contributed by atoms with Crippen molar-refractivity contribution in [2.24, 2.45) is 5.92 Å². The molecule has 19 heavy (non-hydrogen) atoms. The highest BCUT2D eigenvalue weighted by molar-refractivity contribution is 7.99. The molecule has 0 radical (unpaired) electrons. The molecule has 0 heterocycles. The van der Waals surface area contributed by atoms with Gasteiger partial charge in [0, 0.05) is 23.6 Å². The van der Waals surface area contributed by atoms with Crippen molar-refractivity contribution in [2.45, 2.75) is 31.1 Å². The molecule has 3 heteroatoms. The number of carbonyl (C=O) groups is 1. The number of hydrogen-bond acceptors (Lipinski definition) is 2. The molecule has 0 aromatic heterocycles. The van der Waals surface area contributed by atoms with Crippen LogP contribution in [-0.4, -0.2) is 18.2 Å². The zero-order valence-electron chi connectivity index (χ0n) is 11.4. The molecule has 0 spiro atoms. The Morgan fingerprint density at radius 2 is 2.16 bits per heavy atom. The minimum Gasteiger partial charge on any atom is -0.355 e. The van der Waals surface area contributed by atoms with Gasteiger partial charge in [-0.1, -0.05) is 29.8 Å². The summed E-state index contributed by atoms with van der Waals surface area (Å²) < 4.78 is 0. The second-order valence-electron chi connectivity index (χ2n) is 4.98. The molecule has 0 bridgehead atoms. The van der Waals surface area contributed by atoms with Gasteiger partial charge in [0.25, 0.3) is 0 Å². The molecule has 2 nitrogen and oxygen atoms in total. The Balaban J connectivity index is 1.59. The Labute approximate surface area is 119 Å². The zero-order valence-corrected chi connectivity index (χ0v) is 12.2. The quantitative estimate of drug-likeness (QED) is 0.488. The van der Waals surface area contributed by atoms with Gasteiger partial charge in [0.05, 0.1) is 0 Å². The molecule has 0 saturated carbocycles. The van der Waals surface area contributed by atoms with Crippen LogP contribution in [0.1, 0.15) is 24.8 Å². The molecule has 0 saturated heterocycles. The molecule has 2 rings (SSSR count). The second-order valence-corrected chi connectivity index (χ2v) is 6.15. The van der Waals surface area contributed by atoms with Gasteiger partial charge in [-0.05, 0) is 37.8 Å². The van der Waals surface area contributed by atoms with Gasteiger partial charge in [-0.25, -0.2) is 0 Å². The first-order valence-electron chi connectivity index (χ1n) is 6.87. The van der Waals surface area contributed by atoms with E-state index in [0.717, 1.165) is 25.1 Å². The number of benzene rings is 1. The Morgan fingerprint density at radius 3 is 2.84 bits per heavy atom. The number of aryl methyl sites for hydroxylation is 1. The summed E-state index contributed by atoms with van der Waals surface area (Å²) in [6, 6.07) is 8.50. The van der Waals surface area contributed by atoms with Crippen molar-refractivity contribution in [3.05, 3.63) is 42.0 Å². The summed E-state index contributed by atoms with van der Waals surface area (Å²) in [6.45, 7) is 2.83. The minimum atomic E-state index is 0.182. The summed E-state index contributed by atoms with van der Waals surface area (Å²) in [4.78, 5) is 13.0. The van der Waals surface area contributed by atoms with Crippen LogP contribution in [0.3, 0.4) is 0 Å². The van der Waals surface area contributed by atoms with Crippen molar-refractivity contribution in [3.8, 4) is 0 Å². The molecule has 1 aromatic rings. The molecule has 1 atom stereocenters. The van der Waals surface area contributed by atoms with Gasteiger partial charge in [-0.2, -0.15) is 0 Å². The third-order valence-corrected chi connectivity index (χ3v) is 4.29. The minimum absolute atomic E-state index is 0.182. The van der Waals surface area contributed by atoms with Crippen LogP contribution in [0.5, 0.6) is 0 Å².